The van der Waals surface area contributed by atoms with E-state index < -0.39 is 29.5 Å². The van der Waals surface area contributed by atoms with Gasteiger partial charge in [0, 0.05) is 23.9 Å². The number of benzene rings is 1. The van der Waals surface area contributed by atoms with E-state index >= 15 is 0 Å². The molecule has 0 spiro atoms. The van der Waals surface area contributed by atoms with Crippen molar-refractivity contribution in [3.63, 3.8) is 0 Å². The summed E-state index contributed by atoms with van der Waals surface area (Å²) in [6.07, 6.45) is 1.34. The number of nitriles is 1. The Bertz CT molecular complexity index is 969. The van der Waals surface area contributed by atoms with Gasteiger partial charge in [0.15, 0.2) is 0 Å². The summed E-state index contributed by atoms with van der Waals surface area (Å²) in [5.74, 6) is -2.23. The van der Waals surface area contributed by atoms with Crippen molar-refractivity contribution in [3.05, 3.63) is 53.9 Å². The molecule has 0 aliphatic heterocycles. The van der Waals surface area contributed by atoms with Gasteiger partial charge < -0.3 is 25.4 Å². The highest BCUT2D eigenvalue weighted by atomic mass is 16.5. The second-order valence-corrected chi connectivity index (χ2v) is 9.68. The van der Waals surface area contributed by atoms with Gasteiger partial charge in [-0.1, -0.05) is 30.3 Å². The van der Waals surface area contributed by atoms with Crippen LogP contribution in [0.25, 0.3) is 0 Å². The molecule has 0 saturated heterocycles. The van der Waals surface area contributed by atoms with Gasteiger partial charge in [-0.2, -0.15) is 5.26 Å². The summed E-state index contributed by atoms with van der Waals surface area (Å²) in [7, 11) is 1.42. The lowest BCUT2D eigenvalue weighted by Crippen LogP contribution is -2.46. The van der Waals surface area contributed by atoms with Crippen LogP contribution >= 0.6 is 0 Å². The van der Waals surface area contributed by atoms with Crippen molar-refractivity contribution in [1.29, 1.82) is 5.26 Å². The van der Waals surface area contributed by atoms with Crippen LogP contribution < -0.4 is 10.1 Å². The van der Waals surface area contributed by atoms with Crippen LogP contribution in [-0.2, 0) is 5.60 Å². The maximum atomic E-state index is 12.2. The molecule has 1 fully saturated rings. The zero-order valence-corrected chi connectivity index (χ0v) is 19.3. The molecule has 7 heteroatoms. The molecule has 0 amide bonds. The quantitative estimate of drug-likeness (QED) is 0.546. The zero-order chi connectivity index (χ0) is 23.7. The number of hydrogen-bond acceptors (Lipinski definition) is 7. The van der Waals surface area contributed by atoms with Gasteiger partial charge in [-0.25, -0.2) is 0 Å². The molecule has 3 rings (SSSR count). The Kier molecular flexibility index (Phi) is 6.80. The highest BCUT2D eigenvalue weighted by Crippen LogP contribution is 2.60. The summed E-state index contributed by atoms with van der Waals surface area (Å²) in [5.41, 5.74) is -1.16. The highest BCUT2D eigenvalue weighted by molar-refractivity contribution is 5.49. The molecular formula is C25H33N3O4. The lowest BCUT2D eigenvalue weighted by atomic mass is 9.71. The number of aliphatic hydroxyl groups is 2. The van der Waals surface area contributed by atoms with Gasteiger partial charge in [-0.3, -0.25) is 4.98 Å². The van der Waals surface area contributed by atoms with Crippen LogP contribution in [0.15, 0.2) is 42.7 Å². The molecule has 6 atom stereocenters. The molecule has 32 heavy (non-hydrogen) atoms. The maximum absolute atomic E-state index is 12.2. The first-order chi connectivity index (χ1) is 15.1. The second kappa shape index (κ2) is 9.07. The van der Waals surface area contributed by atoms with E-state index in [2.05, 4.69) is 16.4 Å². The summed E-state index contributed by atoms with van der Waals surface area (Å²) in [5, 5.41) is 48.0. The lowest BCUT2D eigenvalue weighted by Gasteiger charge is -2.37. The van der Waals surface area contributed by atoms with Crippen molar-refractivity contribution in [2.24, 2.45) is 17.8 Å². The minimum absolute atomic E-state index is 0.0637. The Morgan fingerprint density at radius 1 is 1.25 bits per heavy atom. The highest BCUT2D eigenvalue weighted by Gasteiger charge is 2.63. The molecule has 172 valence electrons. The third kappa shape index (κ3) is 4.18. The maximum Gasteiger partial charge on any atom is 0.147 e. The number of aromatic hydroxyl groups is 1. The molecule has 2 aromatic rings. The van der Waals surface area contributed by atoms with E-state index in [0.29, 0.717) is 6.54 Å². The lowest BCUT2D eigenvalue weighted by molar-refractivity contribution is -0.106. The molecule has 1 heterocycles. The fraction of sp³-hybridized carbons (Fsp3) is 0.520. The monoisotopic (exact) mass is 439 g/mol. The van der Waals surface area contributed by atoms with E-state index in [9.17, 15) is 20.6 Å². The van der Waals surface area contributed by atoms with Crippen molar-refractivity contribution < 1.29 is 20.1 Å². The van der Waals surface area contributed by atoms with Crippen LogP contribution in [0.2, 0.25) is 0 Å². The van der Waals surface area contributed by atoms with Crippen molar-refractivity contribution in [2.45, 2.75) is 50.9 Å². The fourth-order valence-electron chi connectivity index (χ4n) is 5.13. The molecular weight excluding hydrogens is 406 g/mol. The number of nitrogens with one attached hydrogen (secondary N) is 1. The van der Waals surface area contributed by atoms with E-state index in [1.165, 1.54) is 19.5 Å². The Hall–Kier alpha value is -2.66. The van der Waals surface area contributed by atoms with Gasteiger partial charge in [0.05, 0.1) is 43.2 Å². The van der Waals surface area contributed by atoms with Crippen LogP contribution in [0.3, 0.4) is 0 Å². The first kappa shape index (κ1) is 24.0. The standard InChI is InChI=1S/C25H33N3O4/c1-15(11-26)21-20(16-9-7-6-8-10-16)17(12-28-24(2,3)4)23(30)25(21,31)22-18(29)13-27-14-19(22)32-5/h6-10,13-15,17,20-21,23,28-31H,12H2,1-5H3/t15?,17-,20-,21?,23-,25+/m1/s1. The normalized spacial score (nSPS) is 28.8. The summed E-state index contributed by atoms with van der Waals surface area (Å²) in [6, 6.07) is 11.9. The largest absolute Gasteiger partial charge is 0.506 e. The minimum atomic E-state index is -1.93. The van der Waals surface area contributed by atoms with Crippen LogP contribution in [0.1, 0.15) is 44.7 Å². The van der Waals surface area contributed by atoms with Crippen LogP contribution in [0.5, 0.6) is 11.5 Å². The SMILES string of the molecule is COc1cncc(O)c1[C@@]1(O)C(C(C)C#N)[C@H](c2ccccc2)[C@@H](CNC(C)(C)C)[C@H]1O. The summed E-state index contributed by atoms with van der Waals surface area (Å²) in [4.78, 5) is 3.95. The number of pyridine rings is 1. The molecule has 0 bridgehead atoms. The van der Waals surface area contributed by atoms with Crippen LogP contribution in [0, 0.1) is 29.1 Å². The van der Waals surface area contributed by atoms with Gasteiger partial charge in [0.1, 0.15) is 17.1 Å². The number of methoxy groups -OCH3 is 1. The van der Waals surface area contributed by atoms with Gasteiger partial charge in [-0.15, -0.1) is 0 Å². The van der Waals surface area contributed by atoms with Crippen molar-refractivity contribution >= 4 is 0 Å². The van der Waals surface area contributed by atoms with E-state index in [1.54, 1.807) is 6.92 Å². The number of rotatable bonds is 6. The fourth-order valence-corrected chi connectivity index (χ4v) is 5.13. The molecule has 4 N–H and O–H groups in total. The number of aliphatic hydroxyl groups excluding tert-OH is 1. The van der Waals surface area contributed by atoms with Crippen molar-refractivity contribution in [3.8, 4) is 17.6 Å². The first-order valence-corrected chi connectivity index (χ1v) is 10.9. The summed E-state index contributed by atoms with van der Waals surface area (Å²) in [6.45, 7) is 8.25. The molecule has 1 aliphatic rings. The Morgan fingerprint density at radius 3 is 2.47 bits per heavy atom. The number of aromatic nitrogens is 1. The third-order valence-corrected chi connectivity index (χ3v) is 6.52. The molecule has 7 nitrogen and oxygen atoms in total. The van der Waals surface area contributed by atoms with E-state index in [1.807, 2.05) is 51.1 Å². The molecule has 2 unspecified atom stereocenters. The Morgan fingerprint density at radius 2 is 1.91 bits per heavy atom. The van der Waals surface area contributed by atoms with Crippen LogP contribution in [-0.4, -0.2) is 45.6 Å². The smallest absolute Gasteiger partial charge is 0.147 e. The van der Waals surface area contributed by atoms with Gasteiger partial charge in [0.2, 0.25) is 0 Å². The predicted molar refractivity (Wildman–Crippen MR) is 121 cm³/mol. The Labute approximate surface area is 189 Å². The first-order valence-electron chi connectivity index (χ1n) is 10.9. The van der Waals surface area contributed by atoms with Crippen molar-refractivity contribution in [2.75, 3.05) is 13.7 Å². The average Bonchev–Trinajstić information content (AvgIpc) is 2.99. The summed E-state index contributed by atoms with van der Waals surface area (Å²) >= 11 is 0. The third-order valence-electron chi connectivity index (χ3n) is 6.52. The second-order valence-electron chi connectivity index (χ2n) is 9.68. The predicted octanol–water partition coefficient (Wildman–Crippen LogP) is 2.92. The molecule has 1 aromatic carbocycles. The van der Waals surface area contributed by atoms with Gasteiger partial charge in [0.25, 0.3) is 0 Å². The van der Waals surface area contributed by atoms with Crippen LogP contribution in [0.4, 0.5) is 0 Å². The number of ether oxygens (including phenoxy) is 1. The van der Waals surface area contributed by atoms with Crippen molar-refractivity contribution in [1.82, 2.24) is 10.3 Å². The minimum Gasteiger partial charge on any atom is -0.506 e. The summed E-state index contributed by atoms with van der Waals surface area (Å²) < 4.78 is 5.41. The van der Waals surface area contributed by atoms with E-state index in [0.717, 1.165) is 5.56 Å². The average molecular weight is 440 g/mol. The van der Waals surface area contributed by atoms with E-state index in [4.69, 9.17) is 4.74 Å². The number of nitrogens with zero attached hydrogens (tertiary/aromatic N) is 2. The number of hydrogen-bond donors (Lipinski definition) is 4. The topological polar surface area (TPSA) is 119 Å². The zero-order valence-electron chi connectivity index (χ0n) is 19.3. The molecule has 1 aromatic heterocycles. The van der Waals surface area contributed by atoms with Gasteiger partial charge >= 0.3 is 0 Å². The Balaban J connectivity index is 2.26. The van der Waals surface area contributed by atoms with Gasteiger partial charge in [-0.05, 0) is 39.2 Å². The molecule has 0 radical (unpaired) electrons. The molecule has 1 saturated carbocycles. The molecule has 1 aliphatic carbocycles. The van der Waals surface area contributed by atoms with E-state index in [-0.39, 0.29) is 28.5 Å².